The Bertz CT molecular complexity index is 1140. The second-order valence-corrected chi connectivity index (χ2v) is 5.73. The van der Waals surface area contributed by atoms with Gasteiger partial charge in [0.25, 0.3) is 5.91 Å². The van der Waals surface area contributed by atoms with E-state index in [4.69, 9.17) is 4.52 Å². The summed E-state index contributed by atoms with van der Waals surface area (Å²) < 4.78 is 18.1. The van der Waals surface area contributed by atoms with Gasteiger partial charge in [0, 0.05) is 18.2 Å². The Kier molecular flexibility index (Phi) is 3.85. The number of nitrogens with one attached hydrogen (secondary N) is 3. The molecule has 0 spiro atoms. The number of carbonyl (C=O) groups is 1. The fourth-order valence-electron chi connectivity index (χ4n) is 2.59. The summed E-state index contributed by atoms with van der Waals surface area (Å²) in [5.74, 6) is -0.377. The largest absolute Gasteiger partial charge is 0.355 e. The summed E-state index contributed by atoms with van der Waals surface area (Å²) in [4.78, 5) is 28.8. The molecule has 4 aromatic rings. The SMILES string of the molecule is O=C(NCc1ccc2[nH]c(=O)[nH]c2c1)c1cc(-c2ccc(F)cc2)on1. The summed E-state index contributed by atoms with van der Waals surface area (Å²) in [6.07, 6.45) is 0. The maximum atomic E-state index is 13.0. The fraction of sp³-hybridized carbons (Fsp3) is 0.0556. The monoisotopic (exact) mass is 352 g/mol. The van der Waals surface area contributed by atoms with E-state index in [1.807, 2.05) is 0 Å². The summed E-state index contributed by atoms with van der Waals surface area (Å²) in [6, 6.07) is 12.5. The van der Waals surface area contributed by atoms with Crippen molar-refractivity contribution >= 4 is 16.9 Å². The Morgan fingerprint density at radius 3 is 2.65 bits per heavy atom. The van der Waals surface area contributed by atoms with E-state index in [2.05, 4.69) is 20.4 Å². The van der Waals surface area contributed by atoms with Gasteiger partial charge in [0.2, 0.25) is 0 Å². The van der Waals surface area contributed by atoms with Crippen LogP contribution in [0.3, 0.4) is 0 Å². The van der Waals surface area contributed by atoms with Crippen molar-refractivity contribution < 1.29 is 13.7 Å². The molecule has 0 radical (unpaired) electrons. The molecular weight excluding hydrogens is 339 g/mol. The highest BCUT2D eigenvalue weighted by atomic mass is 19.1. The molecule has 0 unspecified atom stereocenters. The molecular formula is C18H13FN4O3. The van der Waals surface area contributed by atoms with E-state index >= 15 is 0 Å². The minimum Gasteiger partial charge on any atom is -0.355 e. The molecule has 1 amide bonds. The summed E-state index contributed by atoms with van der Waals surface area (Å²) in [5.41, 5.74) is 2.66. The molecule has 8 heteroatoms. The number of amides is 1. The molecule has 130 valence electrons. The maximum absolute atomic E-state index is 13.0. The van der Waals surface area contributed by atoms with Gasteiger partial charge in [-0.05, 0) is 42.0 Å². The zero-order valence-electron chi connectivity index (χ0n) is 13.4. The molecule has 4 rings (SSSR count). The Balaban J connectivity index is 1.46. The molecule has 3 N–H and O–H groups in total. The first-order valence-corrected chi connectivity index (χ1v) is 7.80. The van der Waals surface area contributed by atoms with Crippen LogP contribution in [0.5, 0.6) is 0 Å². The van der Waals surface area contributed by atoms with Gasteiger partial charge in [-0.2, -0.15) is 0 Å². The highest BCUT2D eigenvalue weighted by Gasteiger charge is 2.13. The number of imidazole rings is 1. The summed E-state index contributed by atoms with van der Waals surface area (Å²) in [6.45, 7) is 0.265. The second kappa shape index (κ2) is 6.32. The van der Waals surface area contributed by atoms with Crippen molar-refractivity contribution in [2.24, 2.45) is 0 Å². The molecule has 0 saturated heterocycles. The van der Waals surface area contributed by atoms with Crippen molar-refractivity contribution in [3.63, 3.8) is 0 Å². The van der Waals surface area contributed by atoms with Gasteiger partial charge < -0.3 is 19.8 Å². The number of hydrogen-bond donors (Lipinski definition) is 3. The lowest BCUT2D eigenvalue weighted by atomic mass is 10.1. The van der Waals surface area contributed by atoms with Gasteiger partial charge in [0.1, 0.15) is 5.82 Å². The second-order valence-electron chi connectivity index (χ2n) is 5.73. The predicted octanol–water partition coefficient (Wildman–Crippen LogP) is 2.58. The number of benzene rings is 2. The average molecular weight is 352 g/mol. The van der Waals surface area contributed by atoms with E-state index in [1.54, 1.807) is 30.3 Å². The highest BCUT2D eigenvalue weighted by Crippen LogP contribution is 2.20. The molecule has 7 nitrogen and oxygen atoms in total. The fourth-order valence-corrected chi connectivity index (χ4v) is 2.59. The van der Waals surface area contributed by atoms with Gasteiger partial charge in [0.05, 0.1) is 11.0 Å². The summed E-state index contributed by atoms with van der Waals surface area (Å²) in [5, 5.41) is 6.48. The Labute approximate surface area is 145 Å². The van der Waals surface area contributed by atoms with E-state index in [1.165, 1.54) is 18.2 Å². The zero-order chi connectivity index (χ0) is 18.1. The number of rotatable bonds is 4. The Morgan fingerprint density at radius 2 is 1.85 bits per heavy atom. The van der Waals surface area contributed by atoms with Gasteiger partial charge in [-0.1, -0.05) is 11.2 Å². The van der Waals surface area contributed by atoms with Crippen molar-refractivity contribution in [1.82, 2.24) is 20.4 Å². The molecule has 0 bridgehead atoms. The third-order valence-electron chi connectivity index (χ3n) is 3.90. The molecule has 0 aliphatic rings. The molecule has 0 fully saturated rings. The number of halogens is 1. The van der Waals surface area contributed by atoms with Crippen molar-refractivity contribution in [3.05, 3.63) is 76.1 Å². The van der Waals surface area contributed by atoms with Crippen LogP contribution in [0.1, 0.15) is 16.1 Å². The van der Waals surface area contributed by atoms with Crippen LogP contribution in [0, 0.1) is 5.82 Å². The molecule has 26 heavy (non-hydrogen) atoms. The lowest BCUT2D eigenvalue weighted by Crippen LogP contribution is -2.23. The van der Waals surface area contributed by atoms with Gasteiger partial charge in [-0.15, -0.1) is 0 Å². The van der Waals surface area contributed by atoms with Crippen LogP contribution in [0.25, 0.3) is 22.4 Å². The van der Waals surface area contributed by atoms with Gasteiger partial charge in [-0.3, -0.25) is 4.79 Å². The summed E-state index contributed by atoms with van der Waals surface area (Å²) in [7, 11) is 0. The highest BCUT2D eigenvalue weighted by molar-refractivity contribution is 5.93. The molecule has 0 atom stereocenters. The van der Waals surface area contributed by atoms with Crippen LogP contribution in [-0.4, -0.2) is 21.0 Å². The van der Waals surface area contributed by atoms with Crippen molar-refractivity contribution in [3.8, 4) is 11.3 Å². The smallest absolute Gasteiger partial charge is 0.323 e. The molecule has 2 aromatic heterocycles. The molecule has 0 aliphatic heterocycles. The van der Waals surface area contributed by atoms with Gasteiger partial charge >= 0.3 is 5.69 Å². The van der Waals surface area contributed by atoms with E-state index in [0.29, 0.717) is 22.4 Å². The number of H-pyrrole nitrogens is 2. The van der Waals surface area contributed by atoms with E-state index < -0.39 is 5.91 Å². The number of aromatic nitrogens is 3. The van der Waals surface area contributed by atoms with E-state index in [-0.39, 0.29) is 23.7 Å². The normalized spacial score (nSPS) is 11.0. The first-order chi connectivity index (χ1) is 12.6. The first-order valence-electron chi connectivity index (χ1n) is 7.80. The van der Waals surface area contributed by atoms with E-state index in [9.17, 15) is 14.0 Å². The van der Waals surface area contributed by atoms with Crippen LogP contribution >= 0.6 is 0 Å². The average Bonchev–Trinajstić information content (AvgIpc) is 3.26. The maximum Gasteiger partial charge on any atom is 0.323 e. The van der Waals surface area contributed by atoms with Crippen LogP contribution in [0.4, 0.5) is 4.39 Å². The Morgan fingerprint density at radius 1 is 1.08 bits per heavy atom. The zero-order valence-corrected chi connectivity index (χ0v) is 13.4. The number of hydrogen-bond acceptors (Lipinski definition) is 4. The number of carbonyl (C=O) groups excluding carboxylic acids is 1. The minimum atomic E-state index is -0.398. The third kappa shape index (κ3) is 3.12. The van der Waals surface area contributed by atoms with E-state index in [0.717, 1.165) is 5.56 Å². The first kappa shape index (κ1) is 15.8. The topological polar surface area (TPSA) is 104 Å². The number of fused-ring (bicyclic) bond motifs is 1. The number of nitrogens with zero attached hydrogens (tertiary/aromatic N) is 1. The molecule has 2 aromatic carbocycles. The van der Waals surface area contributed by atoms with Crippen LogP contribution in [0.2, 0.25) is 0 Å². The quantitative estimate of drug-likeness (QED) is 0.525. The third-order valence-corrected chi connectivity index (χ3v) is 3.90. The standard InChI is InChI=1S/C18H13FN4O3/c19-12-4-2-11(3-5-12)16-8-15(23-26-16)17(24)20-9-10-1-6-13-14(7-10)22-18(25)21-13/h1-8H,9H2,(H,20,24)(H2,21,22,25). The Hall–Kier alpha value is -3.68. The predicted molar refractivity (Wildman–Crippen MR) is 92.0 cm³/mol. The number of aromatic amines is 2. The minimum absolute atomic E-state index is 0.125. The van der Waals surface area contributed by atoms with Crippen molar-refractivity contribution in [2.45, 2.75) is 6.54 Å². The van der Waals surface area contributed by atoms with Gasteiger partial charge in [0.15, 0.2) is 11.5 Å². The lowest BCUT2D eigenvalue weighted by molar-refractivity contribution is 0.0942. The molecule has 0 saturated carbocycles. The van der Waals surface area contributed by atoms with Crippen LogP contribution in [0.15, 0.2) is 57.8 Å². The van der Waals surface area contributed by atoms with Crippen molar-refractivity contribution in [1.29, 1.82) is 0 Å². The summed E-state index contributed by atoms with van der Waals surface area (Å²) >= 11 is 0. The van der Waals surface area contributed by atoms with Crippen LogP contribution in [-0.2, 0) is 6.54 Å². The lowest BCUT2D eigenvalue weighted by Gasteiger charge is -2.03. The van der Waals surface area contributed by atoms with Gasteiger partial charge in [-0.25, -0.2) is 9.18 Å². The molecule has 0 aliphatic carbocycles. The van der Waals surface area contributed by atoms with Crippen LogP contribution < -0.4 is 11.0 Å². The van der Waals surface area contributed by atoms with Crippen molar-refractivity contribution in [2.75, 3.05) is 0 Å². The molecule has 2 heterocycles.